The first kappa shape index (κ1) is 8.76. The van der Waals surface area contributed by atoms with Gasteiger partial charge < -0.3 is 14.6 Å². The molecule has 1 aromatic rings. The highest BCUT2D eigenvalue weighted by Crippen LogP contribution is 1.98. The molecule has 0 aliphatic heterocycles. The second kappa shape index (κ2) is 4.53. The Morgan fingerprint density at radius 1 is 1.75 bits per heavy atom. The molecule has 0 aliphatic carbocycles. The van der Waals surface area contributed by atoms with Crippen molar-refractivity contribution in [2.24, 2.45) is 5.90 Å². The van der Waals surface area contributed by atoms with Crippen molar-refractivity contribution in [3.63, 3.8) is 0 Å². The van der Waals surface area contributed by atoms with Gasteiger partial charge in [0, 0.05) is 6.54 Å². The molecule has 0 saturated heterocycles. The SMILES string of the molecule is NOCCNC(=O)c1ccco1. The Morgan fingerprint density at radius 2 is 2.58 bits per heavy atom. The minimum Gasteiger partial charge on any atom is -0.459 e. The zero-order valence-corrected chi connectivity index (χ0v) is 6.45. The van der Waals surface area contributed by atoms with Crippen molar-refractivity contribution in [2.45, 2.75) is 0 Å². The first-order chi connectivity index (χ1) is 5.84. The fourth-order valence-corrected chi connectivity index (χ4v) is 0.718. The van der Waals surface area contributed by atoms with E-state index in [0.717, 1.165) is 0 Å². The summed E-state index contributed by atoms with van der Waals surface area (Å²) in [4.78, 5) is 15.3. The number of nitrogens with one attached hydrogen (secondary N) is 1. The number of furan rings is 1. The summed E-state index contributed by atoms with van der Waals surface area (Å²) in [6.07, 6.45) is 1.44. The molecule has 5 heteroatoms. The van der Waals surface area contributed by atoms with E-state index in [4.69, 9.17) is 10.3 Å². The van der Waals surface area contributed by atoms with Crippen LogP contribution in [-0.2, 0) is 4.84 Å². The molecule has 0 spiro atoms. The van der Waals surface area contributed by atoms with Gasteiger partial charge in [-0.05, 0) is 12.1 Å². The quantitative estimate of drug-likeness (QED) is 0.488. The Hall–Kier alpha value is -1.33. The molecule has 0 saturated carbocycles. The van der Waals surface area contributed by atoms with E-state index in [0.29, 0.717) is 6.54 Å². The maximum atomic E-state index is 11.1. The van der Waals surface area contributed by atoms with Gasteiger partial charge in [-0.3, -0.25) is 4.79 Å². The molecular weight excluding hydrogens is 160 g/mol. The molecule has 0 aromatic carbocycles. The highest BCUT2D eigenvalue weighted by Gasteiger charge is 2.05. The van der Waals surface area contributed by atoms with Gasteiger partial charge in [-0.2, -0.15) is 0 Å². The molecule has 0 aliphatic rings. The van der Waals surface area contributed by atoms with Crippen molar-refractivity contribution in [1.29, 1.82) is 0 Å². The van der Waals surface area contributed by atoms with Crippen molar-refractivity contribution in [3.8, 4) is 0 Å². The van der Waals surface area contributed by atoms with E-state index < -0.39 is 0 Å². The first-order valence-electron chi connectivity index (χ1n) is 3.48. The maximum Gasteiger partial charge on any atom is 0.287 e. The normalized spacial score (nSPS) is 9.75. The van der Waals surface area contributed by atoms with Crippen LogP contribution in [0.1, 0.15) is 10.6 Å². The van der Waals surface area contributed by atoms with Gasteiger partial charge in [0.1, 0.15) is 0 Å². The summed E-state index contributed by atoms with van der Waals surface area (Å²) >= 11 is 0. The van der Waals surface area contributed by atoms with E-state index in [1.165, 1.54) is 6.26 Å². The van der Waals surface area contributed by atoms with Gasteiger partial charge in [0.15, 0.2) is 5.76 Å². The lowest BCUT2D eigenvalue weighted by atomic mass is 10.4. The summed E-state index contributed by atoms with van der Waals surface area (Å²) in [6.45, 7) is 0.655. The summed E-state index contributed by atoms with van der Waals surface area (Å²) in [5.41, 5.74) is 0. The third kappa shape index (κ3) is 2.37. The van der Waals surface area contributed by atoms with E-state index in [2.05, 4.69) is 10.2 Å². The van der Waals surface area contributed by atoms with Crippen LogP contribution in [-0.4, -0.2) is 19.1 Å². The lowest BCUT2D eigenvalue weighted by Gasteiger charge is -2.00. The van der Waals surface area contributed by atoms with Crippen LogP contribution in [0.5, 0.6) is 0 Å². The van der Waals surface area contributed by atoms with E-state index in [1.807, 2.05) is 0 Å². The molecule has 3 N–H and O–H groups in total. The molecular formula is C7H10N2O3. The summed E-state index contributed by atoms with van der Waals surface area (Å²) in [7, 11) is 0. The molecule has 0 bridgehead atoms. The largest absolute Gasteiger partial charge is 0.459 e. The third-order valence-corrected chi connectivity index (χ3v) is 1.25. The van der Waals surface area contributed by atoms with Gasteiger partial charge >= 0.3 is 0 Å². The van der Waals surface area contributed by atoms with Gasteiger partial charge in [-0.1, -0.05) is 0 Å². The van der Waals surface area contributed by atoms with E-state index >= 15 is 0 Å². The van der Waals surface area contributed by atoms with Crippen LogP contribution < -0.4 is 11.2 Å². The predicted octanol–water partition coefficient (Wildman–Crippen LogP) is -0.100. The number of amides is 1. The standard InChI is InChI=1S/C7H10N2O3/c8-12-5-3-9-7(10)6-2-1-4-11-6/h1-2,4H,3,5,8H2,(H,9,10). The third-order valence-electron chi connectivity index (χ3n) is 1.25. The molecule has 1 rings (SSSR count). The molecule has 12 heavy (non-hydrogen) atoms. The van der Waals surface area contributed by atoms with Crippen molar-refractivity contribution in [3.05, 3.63) is 24.2 Å². The fraction of sp³-hybridized carbons (Fsp3) is 0.286. The molecule has 0 radical (unpaired) electrons. The monoisotopic (exact) mass is 170 g/mol. The molecule has 66 valence electrons. The number of nitrogens with two attached hydrogens (primary N) is 1. The average Bonchev–Trinajstić information content (AvgIpc) is 2.56. The van der Waals surface area contributed by atoms with Crippen LogP contribution in [0, 0.1) is 0 Å². The van der Waals surface area contributed by atoms with Gasteiger partial charge in [0.2, 0.25) is 0 Å². The zero-order chi connectivity index (χ0) is 8.81. The number of hydrogen-bond donors (Lipinski definition) is 2. The Kier molecular flexibility index (Phi) is 3.31. The smallest absolute Gasteiger partial charge is 0.287 e. The van der Waals surface area contributed by atoms with Crippen molar-refractivity contribution in [2.75, 3.05) is 13.2 Å². The van der Waals surface area contributed by atoms with Crippen LogP contribution in [0.3, 0.4) is 0 Å². The van der Waals surface area contributed by atoms with Gasteiger partial charge in [0.25, 0.3) is 5.91 Å². The van der Waals surface area contributed by atoms with Gasteiger partial charge in [-0.25, -0.2) is 5.90 Å². The van der Waals surface area contributed by atoms with E-state index in [-0.39, 0.29) is 18.3 Å². The topological polar surface area (TPSA) is 77.5 Å². The highest BCUT2D eigenvalue weighted by molar-refractivity contribution is 5.91. The fourth-order valence-electron chi connectivity index (χ4n) is 0.718. The van der Waals surface area contributed by atoms with Crippen molar-refractivity contribution >= 4 is 5.91 Å². The molecule has 5 nitrogen and oxygen atoms in total. The number of carbonyl (C=O) groups excluding carboxylic acids is 1. The average molecular weight is 170 g/mol. The lowest BCUT2D eigenvalue weighted by molar-refractivity contribution is 0.0890. The van der Waals surface area contributed by atoms with E-state index in [1.54, 1.807) is 12.1 Å². The molecule has 1 heterocycles. The van der Waals surface area contributed by atoms with Crippen LogP contribution >= 0.6 is 0 Å². The highest BCUT2D eigenvalue weighted by atomic mass is 16.6. The van der Waals surface area contributed by atoms with Crippen LogP contribution in [0.2, 0.25) is 0 Å². The Labute approximate surface area is 69.4 Å². The van der Waals surface area contributed by atoms with Crippen molar-refractivity contribution in [1.82, 2.24) is 5.32 Å². The Bertz CT molecular complexity index is 233. The van der Waals surface area contributed by atoms with E-state index in [9.17, 15) is 4.79 Å². The number of carbonyl (C=O) groups is 1. The maximum absolute atomic E-state index is 11.1. The summed E-state index contributed by atoms with van der Waals surface area (Å²) in [5, 5.41) is 2.55. The summed E-state index contributed by atoms with van der Waals surface area (Å²) in [5.74, 6) is 4.78. The minimum atomic E-state index is -0.267. The Balaban J connectivity index is 2.30. The lowest BCUT2D eigenvalue weighted by Crippen LogP contribution is -2.27. The van der Waals surface area contributed by atoms with Crippen LogP contribution in [0.25, 0.3) is 0 Å². The van der Waals surface area contributed by atoms with Crippen molar-refractivity contribution < 1.29 is 14.0 Å². The molecule has 1 amide bonds. The molecule has 0 unspecified atom stereocenters. The zero-order valence-electron chi connectivity index (χ0n) is 6.45. The second-order valence-corrected chi connectivity index (χ2v) is 2.10. The van der Waals surface area contributed by atoms with Gasteiger partial charge in [-0.15, -0.1) is 0 Å². The summed E-state index contributed by atoms with van der Waals surface area (Å²) < 4.78 is 4.84. The number of rotatable bonds is 4. The minimum absolute atomic E-state index is 0.267. The second-order valence-electron chi connectivity index (χ2n) is 2.10. The van der Waals surface area contributed by atoms with Crippen LogP contribution in [0.15, 0.2) is 22.8 Å². The Morgan fingerprint density at radius 3 is 3.17 bits per heavy atom. The van der Waals surface area contributed by atoms with Gasteiger partial charge in [0.05, 0.1) is 12.9 Å². The first-order valence-corrected chi connectivity index (χ1v) is 3.48. The summed E-state index contributed by atoms with van der Waals surface area (Å²) in [6, 6.07) is 3.23. The molecule has 0 fully saturated rings. The molecule has 1 aromatic heterocycles. The molecule has 0 atom stereocenters. The number of hydrogen-bond acceptors (Lipinski definition) is 4. The van der Waals surface area contributed by atoms with Crippen LogP contribution in [0.4, 0.5) is 0 Å². The predicted molar refractivity (Wildman–Crippen MR) is 41.2 cm³/mol.